The number of aliphatic hydroxyl groups excluding tert-OH is 1. The molecule has 0 amide bonds. The van der Waals surface area contributed by atoms with E-state index in [9.17, 15) is 5.11 Å². The number of aliphatic hydroxyl groups is 1. The number of hydrogen-bond acceptors (Lipinski definition) is 4. The van der Waals surface area contributed by atoms with Crippen LogP contribution < -0.4 is 5.73 Å². The predicted molar refractivity (Wildman–Crippen MR) is 65.3 cm³/mol. The van der Waals surface area contributed by atoms with E-state index in [1.54, 1.807) is 0 Å². The van der Waals surface area contributed by atoms with E-state index in [2.05, 4.69) is 0 Å². The Morgan fingerprint density at radius 3 is 2.25 bits per heavy atom. The molecule has 0 aliphatic rings. The van der Waals surface area contributed by atoms with E-state index in [0.29, 0.717) is 13.2 Å². The lowest BCUT2D eigenvalue weighted by Crippen LogP contribution is -2.49. The molecule has 3 unspecified atom stereocenters. The van der Waals surface area contributed by atoms with Crippen LogP contribution in [0.2, 0.25) is 0 Å². The van der Waals surface area contributed by atoms with Gasteiger partial charge in [0.2, 0.25) is 0 Å². The van der Waals surface area contributed by atoms with Crippen molar-refractivity contribution in [1.82, 2.24) is 0 Å². The first-order valence-corrected chi connectivity index (χ1v) is 5.92. The van der Waals surface area contributed by atoms with Crippen molar-refractivity contribution < 1.29 is 14.6 Å². The number of hydrogen-bond donors (Lipinski definition) is 2. The van der Waals surface area contributed by atoms with Gasteiger partial charge >= 0.3 is 0 Å². The Morgan fingerprint density at radius 2 is 1.88 bits per heavy atom. The standard InChI is InChI=1S/C12H27NO3/c1-6-15-8-9(2)16-10(7-14)11(13)12(3,4)5/h9-11,14H,6-8,13H2,1-5H3. The van der Waals surface area contributed by atoms with Crippen LogP contribution >= 0.6 is 0 Å². The van der Waals surface area contributed by atoms with Gasteiger partial charge in [0.25, 0.3) is 0 Å². The van der Waals surface area contributed by atoms with Crippen molar-refractivity contribution in [2.75, 3.05) is 19.8 Å². The van der Waals surface area contributed by atoms with Crippen molar-refractivity contribution in [3.05, 3.63) is 0 Å². The molecule has 0 aliphatic heterocycles. The molecule has 98 valence electrons. The van der Waals surface area contributed by atoms with Crippen LogP contribution in [-0.4, -0.2) is 43.2 Å². The van der Waals surface area contributed by atoms with Crippen LogP contribution in [0.15, 0.2) is 0 Å². The molecule has 3 N–H and O–H groups in total. The summed E-state index contributed by atoms with van der Waals surface area (Å²) in [6, 6.07) is -0.193. The summed E-state index contributed by atoms with van der Waals surface area (Å²) in [5, 5.41) is 9.29. The lowest BCUT2D eigenvalue weighted by atomic mass is 9.84. The van der Waals surface area contributed by atoms with Crippen LogP contribution in [0, 0.1) is 5.41 Å². The van der Waals surface area contributed by atoms with Gasteiger partial charge in [-0.2, -0.15) is 0 Å². The van der Waals surface area contributed by atoms with E-state index in [-0.39, 0.29) is 30.3 Å². The van der Waals surface area contributed by atoms with Gasteiger partial charge < -0.3 is 20.3 Å². The largest absolute Gasteiger partial charge is 0.394 e. The molecule has 0 aromatic rings. The van der Waals surface area contributed by atoms with Crippen LogP contribution in [0.3, 0.4) is 0 Å². The molecule has 0 heterocycles. The minimum absolute atomic E-state index is 0.0505. The molecule has 0 aliphatic carbocycles. The second-order valence-corrected chi connectivity index (χ2v) is 5.22. The fourth-order valence-electron chi connectivity index (χ4n) is 1.42. The maximum atomic E-state index is 9.29. The maximum absolute atomic E-state index is 9.29. The second-order valence-electron chi connectivity index (χ2n) is 5.22. The summed E-state index contributed by atoms with van der Waals surface area (Å²) in [4.78, 5) is 0. The molecule has 3 atom stereocenters. The van der Waals surface area contributed by atoms with E-state index in [0.717, 1.165) is 0 Å². The fourth-order valence-corrected chi connectivity index (χ4v) is 1.42. The van der Waals surface area contributed by atoms with Gasteiger partial charge in [0.1, 0.15) is 0 Å². The van der Waals surface area contributed by atoms with Crippen LogP contribution in [0.4, 0.5) is 0 Å². The van der Waals surface area contributed by atoms with Gasteiger partial charge in [-0.25, -0.2) is 0 Å². The van der Waals surface area contributed by atoms with Crippen molar-refractivity contribution >= 4 is 0 Å². The van der Waals surface area contributed by atoms with Gasteiger partial charge in [0, 0.05) is 12.6 Å². The second kappa shape index (κ2) is 7.22. The zero-order valence-corrected chi connectivity index (χ0v) is 11.2. The van der Waals surface area contributed by atoms with Crippen LogP contribution in [0.5, 0.6) is 0 Å². The van der Waals surface area contributed by atoms with E-state index in [1.165, 1.54) is 0 Å². The third kappa shape index (κ3) is 5.80. The molecule has 0 aromatic heterocycles. The average Bonchev–Trinajstić information content (AvgIpc) is 2.20. The van der Waals surface area contributed by atoms with Gasteiger partial charge in [0.15, 0.2) is 0 Å². The molecular weight excluding hydrogens is 206 g/mol. The summed E-state index contributed by atoms with van der Waals surface area (Å²) in [6.07, 6.45) is -0.388. The Bertz CT molecular complexity index is 180. The summed E-state index contributed by atoms with van der Waals surface area (Å²) in [7, 11) is 0. The highest BCUT2D eigenvalue weighted by molar-refractivity contribution is 4.84. The molecule has 0 fully saturated rings. The number of ether oxygens (including phenoxy) is 2. The summed E-state index contributed by atoms with van der Waals surface area (Å²) in [6.45, 7) is 11.1. The first-order chi connectivity index (χ1) is 7.32. The first-order valence-electron chi connectivity index (χ1n) is 5.92. The maximum Gasteiger partial charge on any atom is 0.0965 e. The van der Waals surface area contributed by atoms with E-state index < -0.39 is 0 Å². The summed E-state index contributed by atoms with van der Waals surface area (Å²) < 4.78 is 10.9. The van der Waals surface area contributed by atoms with Gasteiger partial charge in [-0.1, -0.05) is 20.8 Å². The SMILES string of the molecule is CCOCC(C)OC(CO)C(N)C(C)(C)C. The smallest absolute Gasteiger partial charge is 0.0965 e. The Kier molecular flexibility index (Phi) is 7.15. The van der Waals surface area contributed by atoms with Crippen molar-refractivity contribution in [2.24, 2.45) is 11.1 Å². The molecule has 4 nitrogen and oxygen atoms in total. The third-order valence-electron chi connectivity index (χ3n) is 2.54. The van der Waals surface area contributed by atoms with Gasteiger partial charge in [-0.05, 0) is 19.3 Å². The van der Waals surface area contributed by atoms with E-state index in [4.69, 9.17) is 15.2 Å². The highest BCUT2D eigenvalue weighted by Crippen LogP contribution is 2.22. The molecule has 0 spiro atoms. The van der Waals surface area contributed by atoms with Crippen molar-refractivity contribution in [3.8, 4) is 0 Å². The predicted octanol–water partition coefficient (Wildman–Crippen LogP) is 1.16. The topological polar surface area (TPSA) is 64.7 Å². The molecule has 0 radical (unpaired) electrons. The van der Waals surface area contributed by atoms with Crippen LogP contribution in [-0.2, 0) is 9.47 Å². The van der Waals surface area contributed by atoms with Crippen molar-refractivity contribution in [1.29, 1.82) is 0 Å². The Hall–Kier alpha value is -0.160. The molecule has 16 heavy (non-hydrogen) atoms. The van der Waals surface area contributed by atoms with E-state index >= 15 is 0 Å². The molecule has 0 bridgehead atoms. The summed E-state index contributed by atoms with van der Waals surface area (Å²) in [5.74, 6) is 0. The summed E-state index contributed by atoms with van der Waals surface area (Å²) in [5.41, 5.74) is 5.97. The zero-order chi connectivity index (χ0) is 12.8. The lowest BCUT2D eigenvalue weighted by molar-refractivity contribution is -0.0859. The summed E-state index contributed by atoms with van der Waals surface area (Å²) >= 11 is 0. The lowest BCUT2D eigenvalue weighted by Gasteiger charge is -2.34. The zero-order valence-electron chi connectivity index (χ0n) is 11.2. The Balaban J connectivity index is 4.18. The average molecular weight is 233 g/mol. The normalized spacial score (nSPS) is 18.2. The minimum Gasteiger partial charge on any atom is -0.394 e. The first kappa shape index (κ1) is 15.8. The van der Waals surface area contributed by atoms with Gasteiger partial charge in [0.05, 0.1) is 25.4 Å². The molecular formula is C12H27NO3. The third-order valence-corrected chi connectivity index (χ3v) is 2.54. The fraction of sp³-hybridized carbons (Fsp3) is 1.00. The van der Waals surface area contributed by atoms with Gasteiger partial charge in [-0.3, -0.25) is 0 Å². The molecule has 0 saturated heterocycles. The van der Waals surface area contributed by atoms with Crippen LogP contribution in [0.1, 0.15) is 34.6 Å². The van der Waals surface area contributed by atoms with E-state index in [1.807, 2.05) is 34.6 Å². The quantitative estimate of drug-likeness (QED) is 0.692. The van der Waals surface area contributed by atoms with Crippen LogP contribution in [0.25, 0.3) is 0 Å². The molecule has 0 saturated carbocycles. The molecule has 0 aromatic carbocycles. The van der Waals surface area contributed by atoms with Crippen molar-refractivity contribution in [2.45, 2.75) is 52.9 Å². The minimum atomic E-state index is -0.338. The molecule has 4 heteroatoms. The van der Waals surface area contributed by atoms with Crippen molar-refractivity contribution in [3.63, 3.8) is 0 Å². The molecule has 0 rings (SSSR count). The highest BCUT2D eigenvalue weighted by atomic mass is 16.5. The Labute approximate surface area is 99.1 Å². The van der Waals surface area contributed by atoms with Gasteiger partial charge in [-0.15, -0.1) is 0 Å². The monoisotopic (exact) mass is 233 g/mol. The highest BCUT2D eigenvalue weighted by Gasteiger charge is 2.30. The number of nitrogens with two attached hydrogens (primary N) is 1. The number of rotatable bonds is 7. The Morgan fingerprint density at radius 1 is 1.31 bits per heavy atom.